The maximum absolute atomic E-state index is 12.1. The molecule has 90 valence electrons. The van der Waals surface area contributed by atoms with Gasteiger partial charge in [0, 0.05) is 13.2 Å². The fourth-order valence-electron chi connectivity index (χ4n) is 3.00. The molecule has 3 rings (SSSR count). The third-order valence-corrected chi connectivity index (χ3v) is 4.02. The maximum atomic E-state index is 12.1. The number of anilines is 1. The van der Waals surface area contributed by atoms with Crippen LogP contribution in [0.2, 0.25) is 0 Å². The molecule has 1 N–H and O–H groups in total. The number of aromatic nitrogens is 1. The minimum absolute atomic E-state index is 0.0214. The SMILES string of the molecule is CN1c2ncccc2C(=O)NC12CCCCC2. The van der Waals surface area contributed by atoms with Gasteiger partial charge in [-0.15, -0.1) is 0 Å². The first-order chi connectivity index (χ1) is 8.23. The molecule has 17 heavy (non-hydrogen) atoms. The molecule has 4 nitrogen and oxygen atoms in total. The highest BCUT2D eigenvalue weighted by atomic mass is 16.2. The lowest BCUT2D eigenvalue weighted by atomic mass is 9.86. The summed E-state index contributed by atoms with van der Waals surface area (Å²) >= 11 is 0. The van der Waals surface area contributed by atoms with Gasteiger partial charge in [-0.05, 0) is 37.8 Å². The molecule has 0 aromatic carbocycles. The molecule has 1 saturated carbocycles. The first-order valence-corrected chi connectivity index (χ1v) is 6.24. The number of nitrogens with one attached hydrogen (secondary N) is 1. The van der Waals surface area contributed by atoms with Crippen molar-refractivity contribution in [2.24, 2.45) is 0 Å². The Hall–Kier alpha value is -1.58. The van der Waals surface area contributed by atoms with Crippen LogP contribution in [0.25, 0.3) is 0 Å². The Balaban J connectivity index is 2.05. The first-order valence-electron chi connectivity index (χ1n) is 6.24. The molecule has 1 aromatic heterocycles. The van der Waals surface area contributed by atoms with E-state index in [-0.39, 0.29) is 11.6 Å². The Morgan fingerprint density at radius 2 is 2.12 bits per heavy atom. The molecule has 0 radical (unpaired) electrons. The molecule has 4 heteroatoms. The number of nitrogens with zero attached hydrogens (tertiary/aromatic N) is 2. The van der Waals surface area contributed by atoms with Crippen molar-refractivity contribution in [3.05, 3.63) is 23.9 Å². The highest BCUT2D eigenvalue weighted by Gasteiger charge is 2.43. The smallest absolute Gasteiger partial charge is 0.256 e. The zero-order valence-electron chi connectivity index (χ0n) is 10.1. The van der Waals surface area contributed by atoms with Crippen molar-refractivity contribution in [2.75, 3.05) is 11.9 Å². The summed E-state index contributed by atoms with van der Waals surface area (Å²) in [5.41, 5.74) is 0.489. The largest absolute Gasteiger partial charge is 0.336 e. The van der Waals surface area contributed by atoms with Gasteiger partial charge < -0.3 is 10.2 Å². The molecule has 1 aliphatic carbocycles. The Bertz CT molecular complexity index is 452. The van der Waals surface area contributed by atoms with E-state index in [4.69, 9.17) is 0 Å². The fraction of sp³-hybridized carbons (Fsp3) is 0.538. The highest BCUT2D eigenvalue weighted by Crippen LogP contribution is 2.37. The zero-order chi connectivity index (χ0) is 11.9. The number of hydrogen-bond acceptors (Lipinski definition) is 3. The Labute approximate surface area is 101 Å². The summed E-state index contributed by atoms with van der Waals surface area (Å²) < 4.78 is 0. The van der Waals surface area contributed by atoms with Gasteiger partial charge in [0.25, 0.3) is 5.91 Å². The van der Waals surface area contributed by atoms with Gasteiger partial charge in [0.1, 0.15) is 11.5 Å². The summed E-state index contributed by atoms with van der Waals surface area (Å²) in [5.74, 6) is 0.839. The molecule has 1 amide bonds. The van der Waals surface area contributed by atoms with Crippen LogP contribution in [-0.2, 0) is 0 Å². The quantitative estimate of drug-likeness (QED) is 0.742. The molecule has 0 unspecified atom stereocenters. The number of amides is 1. The van der Waals surface area contributed by atoms with Crippen molar-refractivity contribution < 1.29 is 4.79 Å². The minimum atomic E-state index is -0.198. The molecule has 0 bridgehead atoms. The van der Waals surface area contributed by atoms with Gasteiger partial charge in [-0.3, -0.25) is 4.79 Å². The molecule has 1 aromatic rings. The third-order valence-electron chi connectivity index (χ3n) is 4.02. The molecule has 2 aliphatic rings. The average Bonchev–Trinajstić information content (AvgIpc) is 2.37. The number of carbonyl (C=O) groups is 1. The molecular formula is C13H17N3O. The van der Waals surface area contributed by atoms with Crippen molar-refractivity contribution in [1.29, 1.82) is 0 Å². The van der Waals surface area contributed by atoms with Crippen LogP contribution in [0, 0.1) is 0 Å². The van der Waals surface area contributed by atoms with E-state index < -0.39 is 0 Å². The minimum Gasteiger partial charge on any atom is -0.336 e. The Kier molecular flexibility index (Phi) is 2.31. The molecule has 2 heterocycles. The second-order valence-electron chi connectivity index (χ2n) is 4.98. The summed E-state index contributed by atoms with van der Waals surface area (Å²) in [6, 6.07) is 3.65. The highest BCUT2D eigenvalue weighted by molar-refractivity contribution is 6.01. The molecular weight excluding hydrogens is 214 g/mol. The predicted octanol–water partition coefficient (Wildman–Crippen LogP) is 1.92. The van der Waals surface area contributed by atoms with E-state index in [9.17, 15) is 4.79 Å². The molecule has 1 fully saturated rings. The Morgan fingerprint density at radius 3 is 2.88 bits per heavy atom. The number of pyridine rings is 1. The van der Waals surface area contributed by atoms with E-state index in [1.807, 2.05) is 19.2 Å². The van der Waals surface area contributed by atoms with Gasteiger partial charge in [0.15, 0.2) is 0 Å². The first kappa shape index (κ1) is 10.6. The van der Waals surface area contributed by atoms with Gasteiger partial charge in [0.2, 0.25) is 0 Å². The number of fused-ring (bicyclic) bond motifs is 1. The lowest BCUT2D eigenvalue weighted by Crippen LogP contribution is -2.63. The second kappa shape index (κ2) is 3.72. The predicted molar refractivity (Wildman–Crippen MR) is 65.9 cm³/mol. The summed E-state index contributed by atoms with van der Waals surface area (Å²) in [7, 11) is 2.04. The fourth-order valence-corrected chi connectivity index (χ4v) is 3.00. The lowest BCUT2D eigenvalue weighted by Gasteiger charge is -2.48. The molecule has 0 saturated heterocycles. The summed E-state index contributed by atoms with van der Waals surface area (Å²) in [4.78, 5) is 18.6. The molecule has 0 atom stereocenters. The van der Waals surface area contributed by atoms with Crippen molar-refractivity contribution in [3.8, 4) is 0 Å². The van der Waals surface area contributed by atoms with Crippen LogP contribution in [0.15, 0.2) is 18.3 Å². The number of carbonyl (C=O) groups excluding carboxylic acids is 1. The van der Waals surface area contributed by atoms with Crippen LogP contribution in [0.4, 0.5) is 5.82 Å². The summed E-state index contributed by atoms with van der Waals surface area (Å²) in [6.45, 7) is 0. The Morgan fingerprint density at radius 1 is 1.35 bits per heavy atom. The summed E-state index contributed by atoms with van der Waals surface area (Å²) in [6.07, 6.45) is 7.40. The number of rotatable bonds is 0. The van der Waals surface area contributed by atoms with E-state index >= 15 is 0 Å². The van der Waals surface area contributed by atoms with E-state index in [0.717, 1.165) is 18.7 Å². The van der Waals surface area contributed by atoms with E-state index in [1.165, 1.54) is 19.3 Å². The van der Waals surface area contributed by atoms with Crippen molar-refractivity contribution >= 4 is 11.7 Å². The van der Waals surface area contributed by atoms with Gasteiger partial charge in [-0.2, -0.15) is 0 Å². The monoisotopic (exact) mass is 231 g/mol. The third kappa shape index (κ3) is 1.51. The topological polar surface area (TPSA) is 45.2 Å². The molecule has 1 spiro atoms. The van der Waals surface area contributed by atoms with Gasteiger partial charge in [-0.25, -0.2) is 4.98 Å². The van der Waals surface area contributed by atoms with E-state index in [1.54, 1.807) is 6.20 Å². The van der Waals surface area contributed by atoms with Crippen LogP contribution in [0.5, 0.6) is 0 Å². The maximum Gasteiger partial charge on any atom is 0.256 e. The van der Waals surface area contributed by atoms with E-state index in [0.29, 0.717) is 5.56 Å². The normalized spacial score (nSPS) is 22.2. The second-order valence-corrected chi connectivity index (χ2v) is 4.98. The van der Waals surface area contributed by atoms with Gasteiger partial charge >= 0.3 is 0 Å². The summed E-state index contributed by atoms with van der Waals surface area (Å²) in [5, 5.41) is 3.18. The van der Waals surface area contributed by atoms with Crippen molar-refractivity contribution in [3.63, 3.8) is 0 Å². The van der Waals surface area contributed by atoms with Crippen LogP contribution < -0.4 is 10.2 Å². The standard InChI is InChI=1S/C13H17N3O/c1-16-11-10(6-5-9-14-11)12(17)15-13(16)7-3-2-4-8-13/h5-6,9H,2-4,7-8H2,1H3,(H,15,17). The molecule has 1 aliphatic heterocycles. The van der Waals surface area contributed by atoms with Crippen LogP contribution in [-0.4, -0.2) is 23.6 Å². The van der Waals surface area contributed by atoms with Gasteiger partial charge in [-0.1, -0.05) is 6.42 Å². The van der Waals surface area contributed by atoms with Crippen LogP contribution >= 0.6 is 0 Å². The van der Waals surface area contributed by atoms with Crippen LogP contribution in [0.1, 0.15) is 42.5 Å². The zero-order valence-corrected chi connectivity index (χ0v) is 10.1. The van der Waals surface area contributed by atoms with Crippen molar-refractivity contribution in [1.82, 2.24) is 10.3 Å². The number of hydrogen-bond donors (Lipinski definition) is 1. The van der Waals surface area contributed by atoms with Crippen molar-refractivity contribution in [2.45, 2.75) is 37.8 Å². The van der Waals surface area contributed by atoms with E-state index in [2.05, 4.69) is 15.2 Å². The van der Waals surface area contributed by atoms with Crippen LogP contribution in [0.3, 0.4) is 0 Å². The van der Waals surface area contributed by atoms with Gasteiger partial charge in [0.05, 0.1) is 5.56 Å². The lowest BCUT2D eigenvalue weighted by molar-refractivity contribution is 0.0848. The average molecular weight is 231 g/mol.